The summed E-state index contributed by atoms with van der Waals surface area (Å²) in [6, 6.07) is 11.6. The van der Waals surface area contributed by atoms with Gasteiger partial charge in [0.25, 0.3) is 0 Å². The van der Waals surface area contributed by atoms with Crippen molar-refractivity contribution >= 4 is 40.8 Å². The Labute approximate surface area is 332 Å². The van der Waals surface area contributed by atoms with Gasteiger partial charge >= 0.3 is 5.97 Å². The van der Waals surface area contributed by atoms with Crippen molar-refractivity contribution in [1.29, 1.82) is 0 Å². The van der Waals surface area contributed by atoms with E-state index in [-0.39, 0.29) is 71.5 Å². The van der Waals surface area contributed by atoms with Crippen molar-refractivity contribution in [3.63, 3.8) is 0 Å². The summed E-state index contributed by atoms with van der Waals surface area (Å²) < 4.78 is 0. The Balaban J connectivity index is 1.16. The Bertz CT molecular complexity index is 1890. The molecule has 10 nitrogen and oxygen atoms in total. The second-order valence-corrected chi connectivity index (χ2v) is 19.0. The van der Waals surface area contributed by atoms with Gasteiger partial charge in [-0.05, 0) is 127 Å². The minimum Gasteiger partial charge on any atom is -0.481 e. The zero-order valence-corrected chi connectivity index (χ0v) is 34.6. The van der Waals surface area contributed by atoms with E-state index >= 15 is 0 Å². The summed E-state index contributed by atoms with van der Waals surface area (Å²) in [6.45, 7) is 14.2. The number of amides is 3. The monoisotopic (exact) mass is 768 g/mol. The van der Waals surface area contributed by atoms with Gasteiger partial charge in [-0.2, -0.15) is 0 Å². The number of carbonyl (C=O) groups excluding carboxylic acids is 4. The fraction of sp³-hybridized carbons (Fsp3) is 0.630. The minimum absolute atomic E-state index is 0.00306. The number of nitrogen functional groups attached to an aromatic ring is 1. The molecule has 2 aromatic rings. The molecule has 0 radical (unpaired) electrons. The Morgan fingerprint density at radius 1 is 0.786 bits per heavy atom. The van der Waals surface area contributed by atoms with Gasteiger partial charge in [-0.1, -0.05) is 73.4 Å². The van der Waals surface area contributed by atoms with Crippen LogP contribution in [0, 0.1) is 28.6 Å². The highest BCUT2D eigenvalue weighted by atomic mass is 16.4. The van der Waals surface area contributed by atoms with Gasteiger partial charge in [-0.3, -0.25) is 29.3 Å². The highest BCUT2D eigenvalue weighted by Crippen LogP contribution is 2.59. The number of benzene rings is 2. The number of imide groups is 1. The second kappa shape index (κ2) is 15.7. The van der Waals surface area contributed by atoms with Gasteiger partial charge in [0.2, 0.25) is 17.7 Å². The molecule has 0 spiro atoms. The number of nitrogens with one attached hydrogen (secondary N) is 3. The number of hydrogen-bond acceptors (Lipinski definition) is 7. The number of carboxylic acids is 1. The normalized spacial score (nSPS) is 30.4. The summed E-state index contributed by atoms with van der Waals surface area (Å²) >= 11 is 0. The van der Waals surface area contributed by atoms with Crippen molar-refractivity contribution in [2.75, 3.05) is 11.1 Å². The van der Waals surface area contributed by atoms with Crippen molar-refractivity contribution in [3.05, 3.63) is 58.7 Å². The third-order valence-electron chi connectivity index (χ3n) is 14.8. The average molecular weight is 769 g/mol. The first-order valence-corrected chi connectivity index (χ1v) is 21.0. The Kier molecular flexibility index (Phi) is 11.7. The van der Waals surface area contributed by atoms with Crippen molar-refractivity contribution in [1.82, 2.24) is 10.6 Å². The van der Waals surface area contributed by atoms with Gasteiger partial charge in [0.15, 0.2) is 5.78 Å². The molecule has 2 saturated carbocycles. The van der Waals surface area contributed by atoms with Crippen LogP contribution in [0.4, 0.5) is 11.4 Å². The van der Waals surface area contributed by atoms with Crippen LogP contribution in [0.2, 0.25) is 0 Å². The van der Waals surface area contributed by atoms with Gasteiger partial charge in [0.1, 0.15) is 0 Å². The van der Waals surface area contributed by atoms with Gasteiger partial charge in [0, 0.05) is 36.2 Å². The number of anilines is 2. The molecule has 2 fully saturated rings. The molecular weight excluding hydrogens is 705 g/mol. The number of fused-ring (bicyclic) bond motifs is 6. The molecule has 0 aromatic heterocycles. The van der Waals surface area contributed by atoms with Crippen molar-refractivity contribution in [2.45, 2.75) is 155 Å². The maximum atomic E-state index is 14.6. The van der Waals surface area contributed by atoms with Crippen LogP contribution < -0.4 is 21.7 Å². The molecule has 0 heterocycles. The lowest BCUT2D eigenvalue weighted by molar-refractivity contribution is -0.150. The van der Waals surface area contributed by atoms with Crippen molar-refractivity contribution in [3.8, 4) is 0 Å². The molecule has 4 aliphatic carbocycles. The van der Waals surface area contributed by atoms with Crippen LogP contribution in [0.25, 0.3) is 0 Å². The topological polar surface area (TPSA) is 168 Å². The third kappa shape index (κ3) is 7.67. The standard InChI is InChI=1S/C46H64N4O6/c1-27(2)48-35(16-19-39(52)53)36(51)24-28(3)40(54)49-32-15-11-30-13-18-38-44(5,34(30)26-32)21-9-23-46(38,7)42(56)50-41(55)45(6)22-8-20-43(4)33-25-31(47)14-10-29(33)12-17-37(43)45/h10-11,14-15,25-28,35,37-38,48H,8-9,12-13,16-24,47H2,1-7H3,(H,49,54)(H,52,53)(H,50,55,56)/t28-,35+,37-,38-,43-,44-,45+,46+/m1/s1. The predicted molar refractivity (Wildman–Crippen MR) is 219 cm³/mol. The molecule has 0 aliphatic heterocycles. The zero-order valence-electron chi connectivity index (χ0n) is 34.6. The Morgan fingerprint density at radius 3 is 1.86 bits per heavy atom. The van der Waals surface area contributed by atoms with E-state index in [2.05, 4.69) is 67.9 Å². The molecule has 10 heteroatoms. The summed E-state index contributed by atoms with van der Waals surface area (Å²) in [5, 5.41) is 18.4. The van der Waals surface area contributed by atoms with E-state index in [1.807, 2.05) is 26.0 Å². The molecule has 0 saturated heterocycles. The fourth-order valence-electron chi connectivity index (χ4n) is 11.8. The molecule has 0 unspecified atom stereocenters. The number of carboxylic acid groups (broad SMARTS) is 1. The van der Waals surface area contributed by atoms with E-state index in [0.717, 1.165) is 69.0 Å². The van der Waals surface area contributed by atoms with E-state index < -0.39 is 28.8 Å². The van der Waals surface area contributed by atoms with E-state index in [0.29, 0.717) is 12.1 Å². The first-order valence-electron chi connectivity index (χ1n) is 21.0. The molecule has 3 amide bonds. The van der Waals surface area contributed by atoms with E-state index in [1.54, 1.807) is 6.92 Å². The van der Waals surface area contributed by atoms with Crippen molar-refractivity contribution < 1.29 is 29.1 Å². The van der Waals surface area contributed by atoms with Crippen LogP contribution in [0.3, 0.4) is 0 Å². The number of Topliss-reactive ketones (excluding diaryl/α,β-unsaturated/α-hetero) is 1. The molecular formula is C46H64N4O6. The molecule has 8 atom stereocenters. The van der Waals surface area contributed by atoms with Gasteiger partial charge in [-0.15, -0.1) is 0 Å². The lowest BCUT2D eigenvalue weighted by Crippen LogP contribution is -2.60. The van der Waals surface area contributed by atoms with Crippen LogP contribution in [0.1, 0.15) is 141 Å². The number of aliphatic carboxylic acids is 1. The summed E-state index contributed by atoms with van der Waals surface area (Å²) in [5.74, 6) is -2.27. The highest BCUT2D eigenvalue weighted by Gasteiger charge is 2.58. The lowest BCUT2D eigenvalue weighted by atomic mass is 9.49. The maximum absolute atomic E-state index is 14.6. The summed E-state index contributed by atoms with van der Waals surface area (Å²) in [6.07, 6.45) is 8.53. The number of rotatable bonds is 12. The first-order chi connectivity index (χ1) is 26.3. The number of aryl methyl sites for hydroxylation is 2. The number of hydrogen-bond donors (Lipinski definition) is 5. The SMILES string of the molecule is CC(C)N[C@@H](CCC(=O)O)C(=O)C[C@@H](C)C(=O)Nc1ccc2c(c1)[C@@]1(C)CCC[C@](C)(C(=O)NC(=O)[C@@]3(C)CCC[C@]4(C)c5cc(N)ccc5CC[C@@H]34)[C@@H]1CC2. The van der Waals surface area contributed by atoms with Crippen LogP contribution in [0.5, 0.6) is 0 Å². The Morgan fingerprint density at radius 2 is 1.32 bits per heavy atom. The highest BCUT2D eigenvalue weighted by molar-refractivity contribution is 6.01. The second-order valence-electron chi connectivity index (χ2n) is 19.0. The fourth-order valence-corrected chi connectivity index (χ4v) is 11.8. The molecule has 6 N–H and O–H groups in total. The summed E-state index contributed by atoms with van der Waals surface area (Å²) in [7, 11) is 0. The number of ketones is 1. The average Bonchev–Trinajstić information content (AvgIpc) is 3.13. The number of nitrogens with two attached hydrogens (primary N) is 1. The maximum Gasteiger partial charge on any atom is 0.303 e. The molecule has 2 aromatic carbocycles. The molecule has 6 rings (SSSR count). The van der Waals surface area contributed by atoms with Gasteiger partial charge in [0.05, 0.1) is 16.9 Å². The number of carbonyl (C=O) groups is 5. The predicted octanol–water partition coefficient (Wildman–Crippen LogP) is 7.40. The third-order valence-corrected chi connectivity index (χ3v) is 14.8. The van der Waals surface area contributed by atoms with E-state index in [4.69, 9.17) is 5.73 Å². The van der Waals surface area contributed by atoms with Gasteiger partial charge in [-0.25, -0.2) is 0 Å². The molecule has 4 aliphatic rings. The quantitative estimate of drug-likeness (QED) is 0.110. The van der Waals surface area contributed by atoms with E-state index in [9.17, 15) is 29.1 Å². The van der Waals surface area contributed by atoms with Gasteiger partial charge < -0.3 is 21.5 Å². The largest absolute Gasteiger partial charge is 0.481 e. The molecule has 0 bridgehead atoms. The smallest absolute Gasteiger partial charge is 0.303 e. The van der Waals surface area contributed by atoms with Crippen LogP contribution in [-0.4, -0.2) is 46.7 Å². The zero-order chi connectivity index (χ0) is 40.8. The van der Waals surface area contributed by atoms with Crippen molar-refractivity contribution in [2.24, 2.45) is 28.6 Å². The lowest BCUT2D eigenvalue weighted by Gasteiger charge is -2.56. The summed E-state index contributed by atoms with van der Waals surface area (Å²) in [4.78, 5) is 66.9. The van der Waals surface area contributed by atoms with Crippen LogP contribution in [-0.2, 0) is 47.6 Å². The molecule has 56 heavy (non-hydrogen) atoms. The molecule has 304 valence electrons. The summed E-state index contributed by atoms with van der Waals surface area (Å²) in [5.41, 5.74) is 10.6. The Hall–Kier alpha value is -4.05. The first kappa shape index (κ1) is 41.6. The van der Waals surface area contributed by atoms with Crippen LogP contribution >= 0.6 is 0 Å². The van der Waals surface area contributed by atoms with E-state index in [1.165, 1.54) is 16.7 Å². The van der Waals surface area contributed by atoms with Crippen LogP contribution in [0.15, 0.2) is 36.4 Å². The minimum atomic E-state index is -0.964.